The zero-order chi connectivity index (χ0) is 15.1. The van der Waals surface area contributed by atoms with Crippen LogP contribution in [-0.2, 0) is 0 Å². The van der Waals surface area contributed by atoms with Crippen LogP contribution in [0.2, 0.25) is 0 Å². The Labute approximate surface area is 125 Å². The number of carbonyl (C=O) groups is 1. The molecule has 4 nitrogen and oxygen atoms in total. The average molecular weight is 293 g/mol. The van der Waals surface area contributed by atoms with Crippen LogP contribution in [0.5, 0.6) is 0 Å². The van der Waals surface area contributed by atoms with Crippen molar-refractivity contribution in [2.45, 2.75) is 19.3 Å². The van der Waals surface area contributed by atoms with E-state index in [0.29, 0.717) is 13.1 Å². The standard InChI is InChI=1S/C16H24FN3O/c17-15-7-3-2-6-14(15)16(21)20-12-10-19(11-13-20)9-5-1-4-8-18/h2-3,6-7H,1,4-5,8-13,18H2. The molecule has 1 aliphatic heterocycles. The van der Waals surface area contributed by atoms with Crippen molar-refractivity contribution in [1.29, 1.82) is 0 Å². The van der Waals surface area contributed by atoms with E-state index in [9.17, 15) is 9.18 Å². The summed E-state index contributed by atoms with van der Waals surface area (Å²) in [6.07, 6.45) is 3.38. The topological polar surface area (TPSA) is 49.6 Å². The molecule has 1 fully saturated rings. The number of halogens is 1. The Bertz CT molecular complexity index is 459. The van der Waals surface area contributed by atoms with Crippen molar-refractivity contribution < 1.29 is 9.18 Å². The molecule has 116 valence electrons. The van der Waals surface area contributed by atoms with E-state index < -0.39 is 5.82 Å². The van der Waals surface area contributed by atoms with Crippen LogP contribution in [0.25, 0.3) is 0 Å². The number of piperazine rings is 1. The minimum Gasteiger partial charge on any atom is -0.336 e. The predicted octanol–water partition coefficient (Wildman–Crippen LogP) is 1.71. The Morgan fingerprint density at radius 3 is 2.48 bits per heavy atom. The predicted molar refractivity (Wildman–Crippen MR) is 81.6 cm³/mol. The molecule has 21 heavy (non-hydrogen) atoms. The summed E-state index contributed by atoms with van der Waals surface area (Å²) in [6.45, 7) is 4.88. The summed E-state index contributed by atoms with van der Waals surface area (Å²) in [5.41, 5.74) is 5.65. The third kappa shape index (κ3) is 4.51. The lowest BCUT2D eigenvalue weighted by Gasteiger charge is -2.34. The van der Waals surface area contributed by atoms with Crippen molar-refractivity contribution in [1.82, 2.24) is 9.80 Å². The van der Waals surface area contributed by atoms with Gasteiger partial charge in [-0.05, 0) is 38.1 Å². The van der Waals surface area contributed by atoms with E-state index in [2.05, 4.69) is 4.90 Å². The van der Waals surface area contributed by atoms with Crippen LogP contribution in [0.4, 0.5) is 4.39 Å². The van der Waals surface area contributed by atoms with Gasteiger partial charge < -0.3 is 10.6 Å². The van der Waals surface area contributed by atoms with E-state index in [1.807, 2.05) is 0 Å². The molecular formula is C16H24FN3O. The smallest absolute Gasteiger partial charge is 0.256 e. The first-order chi connectivity index (χ1) is 10.2. The molecule has 1 heterocycles. The number of nitrogens with zero attached hydrogens (tertiary/aromatic N) is 2. The van der Waals surface area contributed by atoms with E-state index >= 15 is 0 Å². The summed E-state index contributed by atoms with van der Waals surface area (Å²) in [5.74, 6) is -0.636. The molecular weight excluding hydrogens is 269 g/mol. The lowest BCUT2D eigenvalue weighted by molar-refractivity contribution is 0.0630. The minimum absolute atomic E-state index is 0.175. The molecule has 0 aliphatic carbocycles. The van der Waals surface area contributed by atoms with Gasteiger partial charge in [0.25, 0.3) is 5.91 Å². The molecule has 2 rings (SSSR count). The first-order valence-corrected chi connectivity index (χ1v) is 7.68. The fraction of sp³-hybridized carbons (Fsp3) is 0.562. The summed E-state index contributed by atoms with van der Waals surface area (Å²) in [5, 5.41) is 0. The highest BCUT2D eigenvalue weighted by Gasteiger charge is 2.23. The SMILES string of the molecule is NCCCCCN1CCN(C(=O)c2ccccc2F)CC1. The van der Waals surface area contributed by atoms with E-state index in [-0.39, 0.29) is 11.5 Å². The van der Waals surface area contributed by atoms with Crippen LogP contribution in [0.15, 0.2) is 24.3 Å². The number of rotatable bonds is 6. The molecule has 1 aromatic carbocycles. The van der Waals surface area contributed by atoms with Crippen molar-refractivity contribution in [2.75, 3.05) is 39.3 Å². The maximum atomic E-state index is 13.6. The fourth-order valence-electron chi connectivity index (χ4n) is 2.64. The largest absolute Gasteiger partial charge is 0.336 e. The van der Waals surface area contributed by atoms with Crippen molar-refractivity contribution in [3.05, 3.63) is 35.6 Å². The van der Waals surface area contributed by atoms with E-state index in [1.165, 1.54) is 6.07 Å². The minimum atomic E-state index is -0.438. The second kappa shape index (κ2) is 8.10. The number of amides is 1. The lowest BCUT2D eigenvalue weighted by Crippen LogP contribution is -2.49. The van der Waals surface area contributed by atoms with Gasteiger partial charge in [-0.15, -0.1) is 0 Å². The van der Waals surface area contributed by atoms with Crippen LogP contribution in [-0.4, -0.2) is 55.0 Å². The first-order valence-electron chi connectivity index (χ1n) is 7.68. The average Bonchev–Trinajstić information content (AvgIpc) is 2.52. The normalized spacial score (nSPS) is 16.2. The number of unbranched alkanes of at least 4 members (excludes halogenated alkanes) is 2. The van der Waals surface area contributed by atoms with Gasteiger partial charge in [-0.1, -0.05) is 18.6 Å². The number of carbonyl (C=O) groups excluding carboxylic acids is 1. The van der Waals surface area contributed by atoms with Gasteiger partial charge in [0.15, 0.2) is 0 Å². The van der Waals surface area contributed by atoms with Gasteiger partial charge in [0.05, 0.1) is 5.56 Å². The van der Waals surface area contributed by atoms with E-state index in [4.69, 9.17) is 5.73 Å². The van der Waals surface area contributed by atoms with Crippen LogP contribution >= 0.6 is 0 Å². The molecule has 0 aromatic heterocycles. The van der Waals surface area contributed by atoms with Gasteiger partial charge >= 0.3 is 0 Å². The second-order valence-corrected chi connectivity index (χ2v) is 5.46. The number of hydrogen-bond acceptors (Lipinski definition) is 3. The molecule has 1 amide bonds. The van der Waals surface area contributed by atoms with Crippen molar-refractivity contribution >= 4 is 5.91 Å². The molecule has 0 unspecified atom stereocenters. The molecule has 1 aliphatic rings. The molecule has 0 spiro atoms. The van der Waals surface area contributed by atoms with Crippen LogP contribution in [0.1, 0.15) is 29.6 Å². The number of benzene rings is 1. The second-order valence-electron chi connectivity index (χ2n) is 5.46. The summed E-state index contributed by atoms with van der Waals surface area (Å²) < 4.78 is 13.6. The van der Waals surface area contributed by atoms with E-state index in [0.717, 1.165) is 45.4 Å². The molecule has 1 saturated heterocycles. The third-order valence-electron chi connectivity index (χ3n) is 3.94. The highest BCUT2D eigenvalue weighted by Crippen LogP contribution is 2.12. The van der Waals surface area contributed by atoms with Crippen molar-refractivity contribution in [3.8, 4) is 0 Å². The molecule has 2 N–H and O–H groups in total. The zero-order valence-corrected chi connectivity index (χ0v) is 12.4. The van der Waals surface area contributed by atoms with Crippen molar-refractivity contribution in [2.24, 2.45) is 5.73 Å². The number of hydrogen-bond donors (Lipinski definition) is 1. The van der Waals surface area contributed by atoms with Gasteiger partial charge in [0.1, 0.15) is 5.82 Å². The van der Waals surface area contributed by atoms with Crippen LogP contribution in [0.3, 0.4) is 0 Å². The highest BCUT2D eigenvalue weighted by atomic mass is 19.1. The summed E-state index contributed by atoms with van der Waals surface area (Å²) in [4.78, 5) is 16.4. The van der Waals surface area contributed by atoms with Gasteiger partial charge in [0, 0.05) is 26.2 Å². The summed E-state index contributed by atoms with van der Waals surface area (Å²) in [6, 6.07) is 6.19. The van der Waals surface area contributed by atoms with Crippen molar-refractivity contribution in [3.63, 3.8) is 0 Å². The highest BCUT2D eigenvalue weighted by molar-refractivity contribution is 5.94. The quantitative estimate of drug-likeness (QED) is 0.812. The Morgan fingerprint density at radius 1 is 1.10 bits per heavy atom. The number of nitrogens with two attached hydrogens (primary N) is 1. The summed E-state index contributed by atoms with van der Waals surface area (Å²) in [7, 11) is 0. The van der Waals surface area contributed by atoms with Gasteiger partial charge in [0.2, 0.25) is 0 Å². The van der Waals surface area contributed by atoms with Crippen LogP contribution < -0.4 is 5.73 Å². The van der Waals surface area contributed by atoms with E-state index in [1.54, 1.807) is 23.1 Å². The molecule has 0 saturated carbocycles. The lowest BCUT2D eigenvalue weighted by atomic mass is 10.1. The molecule has 1 aromatic rings. The molecule has 0 bridgehead atoms. The van der Waals surface area contributed by atoms with Gasteiger partial charge in [-0.25, -0.2) is 4.39 Å². The van der Waals surface area contributed by atoms with Gasteiger partial charge in [-0.2, -0.15) is 0 Å². The Morgan fingerprint density at radius 2 is 1.81 bits per heavy atom. The maximum Gasteiger partial charge on any atom is 0.256 e. The first kappa shape index (κ1) is 15.9. The zero-order valence-electron chi connectivity index (χ0n) is 12.4. The van der Waals surface area contributed by atoms with Crippen LogP contribution in [0, 0.1) is 5.82 Å². The maximum absolute atomic E-state index is 13.6. The molecule has 0 radical (unpaired) electrons. The summed E-state index contributed by atoms with van der Waals surface area (Å²) >= 11 is 0. The molecule has 0 atom stereocenters. The third-order valence-corrected chi connectivity index (χ3v) is 3.94. The van der Waals surface area contributed by atoms with Gasteiger partial charge in [-0.3, -0.25) is 9.69 Å². The fourth-order valence-corrected chi connectivity index (χ4v) is 2.64. The monoisotopic (exact) mass is 293 g/mol. The Kier molecular flexibility index (Phi) is 6.14. The Hall–Kier alpha value is -1.46. The Balaban J connectivity index is 1.78. The molecule has 5 heteroatoms.